The Morgan fingerprint density at radius 2 is 1.91 bits per heavy atom. The summed E-state index contributed by atoms with van der Waals surface area (Å²) in [5.74, 6) is -1.49. The minimum Gasteiger partial charge on any atom is -0.452 e. The number of imide groups is 1. The van der Waals surface area contributed by atoms with Crippen molar-refractivity contribution < 1.29 is 23.9 Å². The average Bonchev–Trinajstić information content (AvgIpc) is 2.97. The van der Waals surface area contributed by atoms with Crippen LogP contribution in [0.5, 0.6) is 0 Å². The monoisotopic (exact) mass is 318 g/mol. The summed E-state index contributed by atoms with van der Waals surface area (Å²) in [6.45, 7) is 1.74. The molecule has 3 amide bonds. The summed E-state index contributed by atoms with van der Waals surface area (Å²) in [6.07, 6.45) is 1.00. The Kier molecular flexibility index (Phi) is 5.46. The summed E-state index contributed by atoms with van der Waals surface area (Å²) >= 11 is 0. The number of carbonyl (C=O) groups is 4. The van der Waals surface area contributed by atoms with Gasteiger partial charge in [0.2, 0.25) is 11.8 Å². The van der Waals surface area contributed by atoms with Crippen LogP contribution in [0.2, 0.25) is 0 Å². The number of benzene rings is 1. The number of nitrogens with zero attached hydrogens (tertiary/aromatic N) is 1. The number of nitrogens with one attached hydrogen (secondary N) is 1. The second-order valence-electron chi connectivity index (χ2n) is 5.23. The molecule has 0 aliphatic carbocycles. The zero-order valence-electron chi connectivity index (χ0n) is 12.8. The van der Waals surface area contributed by atoms with E-state index >= 15 is 0 Å². The van der Waals surface area contributed by atoms with Crippen LogP contribution in [-0.2, 0) is 25.7 Å². The van der Waals surface area contributed by atoms with Crippen LogP contribution < -0.4 is 5.32 Å². The van der Waals surface area contributed by atoms with Crippen LogP contribution in [0.4, 0.5) is 0 Å². The zero-order valence-corrected chi connectivity index (χ0v) is 12.8. The second kappa shape index (κ2) is 7.53. The Bertz CT molecular complexity index is 624. The second-order valence-corrected chi connectivity index (χ2v) is 5.23. The Hall–Kier alpha value is -2.70. The summed E-state index contributed by atoms with van der Waals surface area (Å²) in [5, 5.41) is 2.65. The zero-order chi connectivity index (χ0) is 16.8. The van der Waals surface area contributed by atoms with Gasteiger partial charge >= 0.3 is 5.97 Å². The minimum absolute atomic E-state index is 0.136. The molecule has 23 heavy (non-hydrogen) atoms. The SMILES string of the molecule is CC(=O)NCc1ccc(C(=O)OCC(=O)N2CCCC2=O)cc1. The fourth-order valence-electron chi connectivity index (χ4n) is 2.19. The van der Waals surface area contributed by atoms with E-state index in [9.17, 15) is 19.2 Å². The number of hydrogen-bond acceptors (Lipinski definition) is 5. The van der Waals surface area contributed by atoms with E-state index in [0.717, 1.165) is 10.5 Å². The lowest BCUT2D eigenvalue weighted by Gasteiger charge is -2.13. The summed E-state index contributed by atoms with van der Waals surface area (Å²) in [6, 6.07) is 6.51. The van der Waals surface area contributed by atoms with Gasteiger partial charge in [-0.05, 0) is 24.1 Å². The molecule has 1 N–H and O–H groups in total. The molecule has 1 aromatic rings. The Morgan fingerprint density at radius 1 is 1.22 bits per heavy atom. The van der Waals surface area contributed by atoms with E-state index in [4.69, 9.17) is 4.74 Å². The van der Waals surface area contributed by atoms with Crippen LogP contribution in [0, 0.1) is 0 Å². The van der Waals surface area contributed by atoms with Crippen LogP contribution in [-0.4, -0.2) is 41.7 Å². The van der Waals surface area contributed by atoms with Crippen LogP contribution in [0.15, 0.2) is 24.3 Å². The molecule has 0 aromatic heterocycles. The minimum atomic E-state index is -0.629. The van der Waals surface area contributed by atoms with Gasteiger partial charge in [0, 0.05) is 26.4 Å². The Morgan fingerprint density at radius 3 is 2.48 bits per heavy atom. The number of hydrogen-bond donors (Lipinski definition) is 1. The molecule has 1 fully saturated rings. The van der Waals surface area contributed by atoms with Gasteiger partial charge in [-0.3, -0.25) is 19.3 Å². The van der Waals surface area contributed by atoms with Crippen molar-refractivity contribution in [1.82, 2.24) is 10.2 Å². The first kappa shape index (κ1) is 16.7. The van der Waals surface area contributed by atoms with Gasteiger partial charge in [-0.2, -0.15) is 0 Å². The van der Waals surface area contributed by atoms with Gasteiger partial charge in [-0.25, -0.2) is 4.79 Å². The molecule has 1 heterocycles. The third-order valence-electron chi connectivity index (χ3n) is 3.43. The lowest BCUT2D eigenvalue weighted by molar-refractivity contribution is -0.143. The molecule has 2 rings (SSSR count). The maximum Gasteiger partial charge on any atom is 0.338 e. The van der Waals surface area contributed by atoms with Gasteiger partial charge in [0.05, 0.1) is 5.56 Å². The first-order chi connectivity index (χ1) is 11.0. The molecule has 0 spiro atoms. The smallest absolute Gasteiger partial charge is 0.338 e. The van der Waals surface area contributed by atoms with Gasteiger partial charge in [0.1, 0.15) is 0 Å². The van der Waals surface area contributed by atoms with E-state index in [1.165, 1.54) is 6.92 Å². The lowest BCUT2D eigenvalue weighted by Crippen LogP contribution is -2.35. The topological polar surface area (TPSA) is 92.8 Å². The Balaban J connectivity index is 1.84. The van der Waals surface area contributed by atoms with Crippen molar-refractivity contribution in [1.29, 1.82) is 0 Å². The number of rotatable bonds is 5. The van der Waals surface area contributed by atoms with Crippen molar-refractivity contribution in [2.45, 2.75) is 26.3 Å². The van der Waals surface area contributed by atoms with Gasteiger partial charge in [0.25, 0.3) is 5.91 Å². The summed E-state index contributed by atoms with van der Waals surface area (Å²) in [7, 11) is 0. The third-order valence-corrected chi connectivity index (χ3v) is 3.43. The van der Waals surface area contributed by atoms with E-state index in [1.54, 1.807) is 24.3 Å². The molecule has 0 unspecified atom stereocenters. The maximum absolute atomic E-state index is 11.9. The highest BCUT2D eigenvalue weighted by Crippen LogP contribution is 2.10. The van der Waals surface area contributed by atoms with E-state index in [-0.39, 0.29) is 11.8 Å². The molecule has 0 atom stereocenters. The number of ether oxygens (including phenoxy) is 1. The van der Waals surface area contributed by atoms with Crippen molar-refractivity contribution in [2.24, 2.45) is 0 Å². The molecule has 7 heteroatoms. The highest BCUT2D eigenvalue weighted by Gasteiger charge is 2.27. The third kappa shape index (κ3) is 4.64. The van der Waals surface area contributed by atoms with Gasteiger partial charge in [0.15, 0.2) is 6.61 Å². The number of esters is 1. The van der Waals surface area contributed by atoms with Crippen LogP contribution in [0.1, 0.15) is 35.7 Å². The van der Waals surface area contributed by atoms with Crippen LogP contribution in [0.25, 0.3) is 0 Å². The van der Waals surface area contributed by atoms with Crippen molar-refractivity contribution in [3.63, 3.8) is 0 Å². The van der Waals surface area contributed by atoms with E-state index in [1.807, 2.05) is 0 Å². The first-order valence-corrected chi connectivity index (χ1v) is 7.31. The summed E-state index contributed by atoms with van der Waals surface area (Å²) < 4.78 is 4.94. The number of likely N-dealkylation sites (tertiary alicyclic amines) is 1. The highest BCUT2D eigenvalue weighted by molar-refractivity contribution is 5.98. The molecule has 1 saturated heterocycles. The van der Waals surface area contributed by atoms with Crippen molar-refractivity contribution in [2.75, 3.05) is 13.2 Å². The van der Waals surface area contributed by atoms with Gasteiger partial charge in [-0.15, -0.1) is 0 Å². The summed E-state index contributed by atoms with van der Waals surface area (Å²) in [5.41, 5.74) is 1.15. The molecule has 7 nitrogen and oxygen atoms in total. The van der Waals surface area contributed by atoms with Gasteiger partial charge < -0.3 is 10.1 Å². The predicted octanol–water partition coefficient (Wildman–Crippen LogP) is 0.628. The van der Waals surface area contributed by atoms with Crippen molar-refractivity contribution in [3.8, 4) is 0 Å². The molecular weight excluding hydrogens is 300 g/mol. The van der Waals surface area contributed by atoms with Crippen molar-refractivity contribution >= 4 is 23.7 Å². The molecule has 1 aliphatic heterocycles. The summed E-state index contributed by atoms with van der Waals surface area (Å²) in [4.78, 5) is 47.0. The van der Waals surface area contributed by atoms with E-state index in [0.29, 0.717) is 31.5 Å². The normalized spacial score (nSPS) is 13.8. The van der Waals surface area contributed by atoms with E-state index in [2.05, 4.69) is 5.32 Å². The molecule has 0 radical (unpaired) electrons. The largest absolute Gasteiger partial charge is 0.452 e. The standard InChI is InChI=1S/C16H18N2O5/c1-11(19)17-9-12-4-6-13(7-5-12)16(22)23-10-15(21)18-8-2-3-14(18)20/h4-7H,2-3,8-10H2,1H3,(H,17,19). The van der Waals surface area contributed by atoms with E-state index < -0.39 is 18.5 Å². The quantitative estimate of drug-likeness (QED) is 0.804. The fourth-order valence-corrected chi connectivity index (χ4v) is 2.19. The van der Waals surface area contributed by atoms with Gasteiger partial charge in [-0.1, -0.05) is 12.1 Å². The molecular formula is C16H18N2O5. The van der Waals surface area contributed by atoms with Crippen molar-refractivity contribution in [3.05, 3.63) is 35.4 Å². The molecule has 0 bridgehead atoms. The highest BCUT2D eigenvalue weighted by atomic mass is 16.5. The number of carbonyl (C=O) groups excluding carboxylic acids is 4. The average molecular weight is 318 g/mol. The number of amides is 3. The molecule has 1 aliphatic rings. The molecule has 0 saturated carbocycles. The Labute approximate surface area is 133 Å². The van der Waals surface area contributed by atoms with Crippen LogP contribution in [0.3, 0.4) is 0 Å². The first-order valence-electron chi connectivity index (χ1n) is 7.31. The molecule has 122 valence electrons. The lowest BCUT2D eigenvalue weighted by atomic mass is 10.1. The van der Waals surface area contributed by atoms with Crippen LogP contribution >= 0.6 is 0 Å². The maximum atomic E-state index is 11.9. The predicted molar refractivity (Wildman–Crippen MR) is 80.2 cm³/mol. The molecule has 1 aromatic carbocycles. The fraction of sp³-hybridized carbons (Fsp3) is 0.375.